The number of nitrogens with two attached hydrogens (primary N) is 2. The Bertz CT molecular complexity index is 3740. The minimum absolute atomic E-state index is 0.0333. The first kappa shape index (κ1) is 74.8. The molecule has 524 valence electrons. The van der Waals surface area contributed by atoms with Gasteiger partial charge in [-0.1, -0.05) is 112 Å². The van der Waals surface area contributed by atoms with Gasteiger partial charge in [0.2, 0.25) is 35.6 Å². The van der Waals surface area contributed by atoms with Crippen molar-refractivity contribution in [1.29, 1.82) is 0 Å². The Hall–Kier alpha value is -8.97. The highest BCUT2D eigenvalue weighted by Crippen LogP contribution is 2.66. The molecule has 4 aromatic rings. The van der Waals surface area contributed by atoms with Crippen LogP contribution >= 0.6 is 11.6 Å². The van der Waals surface area contributed by atoms with Crippen LogP contribution in [0.2, 0.25) is 5.02 Å². The van der Waals surface area contributed by atoms with Gasteiger partial charge in [0.1, 0.15) is 41.5 Å². The lowest BCUT2D eigenvalue weighted by atomic mass is 9.41. The molecule has 0 aromatic heterocycles. The molecule has 0 radical (unpaired) electrons. The molecule has 2 unspecified atom stereocenters. The number of aliphatic hydroxyl groups is 2. The van der Waals surface area contributed by atoms with Crippen molar-refractivity contribution in [3.8, 4) is 0 Å². The van der Waals surface area contributed by atoms with Crippen molar-refractivity contribution in [2.75, 3.05) is 13.2 Å². The summed E-state index contributed by atoms with van der Waals surface area (Å²) in [5, 5.41) is 36.7. The van der Waals surface area contributed by atoms with Gasteiger partial charge >= 0.3 is 17.9 Å². The topological polar surface area (TPSA) is 365 Å². The molecule has 1 saturated heterocycles. The van der Waals surface area contributed by atoms with Gasteiger partial charge in [-0.05, 0) is 106 Å². The Balaban J connectivity index is 0.929. The number of Topliss-reactive ketones (excluding diaryl/α,β-unsaturated/α-hetero) is 2. The van der Waals surface area contributed by atoms with Crippen molar-refractivity contribution < 1.29 is 86.3 Å². The maximum Gasteiger partial charge on any atom is 0.350 e. The molecule has 1 heterocycles. The third-order valence-electron chi connectivity index (χ3n) is 20.1. The van der Waals surface area contributed by atoms with Crippen LogP contribution in [0.1, 0.15) is 151 Å². The van der Waals surface area contributed by atoms with Crippen LogP contribution in [0.15, 0.2) is 126 Å². The van der Waals surface area contributed by atoms with Gasteiger partial charge in [-0.3, -0.25) is 43.2 Å². The average Bonchev–Trinajstić information content (AvgIpc) is 0.674. The number of carbonyl (C=O) groups is 11. The largest absolute Gasteiger partial charge is 0.455 e. The monoisotopic (exact) mass is 1370 g/mol. The molecule has 2 bridgehead atoms. The molecule has 23 nitrogen and oxygen atoms in total. The number of carbonyl (C=O) groups excluding carboxylic acids is 11. The third-order valence-corrected chi connectivity index (χ3v) is 20.4. The van der Waals surface area contributed by atoms with Gasteiger partial charge in [0, 0.05) is 89.5 Å². The molecular formula is C73H86ClFN6O17. The Morgan fingerprint density at radius 3 is 2.05 bits per heavy atom. The molecule has 4 aliphatic rings. The predicted octanol–water partition coefficient (Wildman–Crippen LogP) is 6.58. The molecule has 3 aliphatic carbocycles. The van der Waals surface area contributed by atoms with Crippen LogP contribution in [0.5, 0.6) is 0 Å². The maximum atomic E-state index is 15.5. The molecule has 8 rings (SSSR count). The Morgan fingerprint density at radius 1 is 0.796 bits per heavy atom. The highest BCUT2D eigenvalue weighted by molar-refractivity contribution is 6.30. The number of benzene rings is 4. The van der Waals surface area contributed by atoms with Crippen LogP contribution in [0, 0.1) is 39.8 Å². The number of primary amides is 2. The number of aliphatic hydroxyl groups excluding tert-OH is 1. The SMILES string of the molecule is CC1=C2[C@@H](C)C(=O)[C@@]3(C)[C@H]([C@H](OC(=O)c4ccccc4)[C@](O)(C[C@@H]1OC(=O)[C@H](OC(=O)CCC(=O)NCCCCC(NC(=O)CC[C@H](CC(=O)C(C)NC(=O)/C=C/c1ccc(Cl)cc1F)C(N)=O)C(N)=O)[C@@H](NC(=O)c1ccccc1)c1ccccc1)C2(C)C)[C@]1(C)CO[C@@H]1C[C@@H]3O. The van der Waals surface area contributed by atoms with Gasteiger partial charge in [-0.15, -0.1) is 0 Å². The fourth-order valence-electron chi connectivity index (χ4n) is 14.5. The van der Waals surface area contributed by atoms with E-state index in [9.17, 15) is 57.8 Å². The molecular weight excluding hydrogens is 1290 g/mol. The van der Waals surface area contributed by atoms with E-state index in [2.05, 4.69) is 21.3 Å². The number of ether oxygens (including phenoxy) is 4. The lowest BCUT2D eigenvalue weighted by Gasteiger charge is -2.68. The number of halogens is 2. The van der Waals surface area contributed by atoms with Crippen molar-refractivity contribution >= 4 is 82.6 Å². The van der Waals surface area contributed by atoms with Crippen molar-refractivity contribution in [3.05, 3.63) is 160 Å². The van der Waals surface area contributed by atoms with Crippen LogP contribution in [-0.2, 0) is 62.1 Å². The second-order valence-corrected chi connectivity index (χ2v) is 27.4. The van der Waals surface area contributed by atoms with E-state index in [-0.39, 0.29) is 79.2 Å². The number of esters is 3. The fourth-order valence-corrected chi connectivity index (χ4v) is 14.7. The van der Waals surface area contributed by atoms with Crippen molar-refractivity contribution in [3.63, 3.8) is 0 Å². The molecule has 1 aliphatic heterocycles. The number of hydrogen-bond acceptors (Lipinski definition) is 17. The summed E-state index contributed by atoms with van der Waals surface area (Å²) in [5.74, 6) is -12.3. The number of unbranched alkanes of at least 4 members (excludes halogenated alkanes) is 1. The zero-order valence-electron chi connectivity index (χ0n) is 55.8. The summed E-state index contributed by atoms with van der Waals surface area (Å²) in [6, 6.07) is 24.5. The summed E-state index contributed by atoms with van der Waals surface area (Å²) >= 11 is 5.78. The lowest BCUT2D eigenvalue weighted by Crippen LogP contribution is -2.77. The molecule has 3 fully saturated rings. The summed E-state index contributed by atoms with van der Waals surface area (Å²) in [6.07, 6.45) is -6.34. The zero-order chi connectivity index (χ0) is 71.6. The van der Waals surface area contributed by atoms with Gasteiger partial charge in [0.15, 0.2) is 5.78 Å². The van der Waals surface area contributed by atoms with Crippen LogP contribution in [-0.4, -0.2) is 136 Å². The zero-order valence-corrected chi connectivity index (χ0v) is 56.6. The quantitative estimate of drug-likeness (QED) is 0.00935. The minimum atomic E-state index is -2.17. The molecule has 25 heteroatoms. The molecule has 4 aromatic carbocycles. The number of nitrogens with one attached hydrogen (secondary N) is 4. The first-order valence-corrected chi connectivity index (χ1v) is 33.1. The number of rotatable bonds is 29. The Morgan fingerprint density at radius 2 is 1.44 bits per heavy atom. The first-order valence-electron chi connectivity index (χ1n) is 32.8. The van der Waals surface area contributed by atoms with Gasteiger partial charge in [-0.2, -0.15) is 0 Å². The lowest BCUT2D eigenvalue weighted by molar-refractivity contribution is -0.312. The van der Waals surface area contributed by atoms with Crippen LogP contribution in [0.4, 0.5) is 4.39 Å². The predicted molar refractivity (Wildman–Crippen MR) is 356 cm³/mol. The Kier molecular flexibility index (Phi) is 24.2. The van der Waals surface area contributed by atoms with Gasteiger partial charge < -0.3 is 61.9 Å². The highest BCUT2D eigenvalue weighted by atomic mass is 35.5. The second-order valence-electron chi connectivity index (χ2n) is 26.9. The summed E-state index contributed by atoms with van der Waals surface area (Å²) in [7, 11) is 0. The maximum absolute atomic E-state index is 15.5. The van der Waals surface area contributed by atoms with Crippen LogP contribution in [0.25, 0.3) is 6.08 Å². The van der Waals surface area contributed by atoms with Crippen molar-refractivity contribution in [1.82, 2.24) is 21.3 Å². The molecule has 98 heavy (non-hydrogen) atoms. The number of ketones is 2. The Labute approximate surface area is 572 Å². The fraction of sp³-hybridized carbons (Fsp3) is 0.466. The summed E-state index contributed by atoms with van der Waals surface area (Å²) in [5.41, 5.74) is 6.55. The van der Waals surface area contributed by atoms with Gasteiger partial charge in [-0.25, -0.2) is 14.0 Å². The standard InChI is InChI=1S/C73H86ClFN6O17/c1-40-52(38-73(94)64(98-68(92)46-23-15-10-16-24-46)62-71(6)39-95-54(71)37-53(83)72(62,7)63(88)41(2)59(40)70(73,4)5)96-69(93)61(60(44-19-11-8-12-20-44)81-67(91)45-21-13-9-14-22-45)97-58(87)33-32-55(84)78-34-18-17-25-50(66(77)90)80-57(86)31-28-47(65(76)89)35-51(82)42(3)79-56(85)30-27-43-26-29-48(74)36-49(43)75/h8-16,19-24,26-27,29-30,36,41-42,47,50,52-54,60-62,64,83,94H,17-18,25,28,31-35,37-39H2,1-7H3,(H2,76,89)(H2,77,90)(H,78,84)(H,79,85)(H,80,86)(H,81,91)/b30-27+/t41-,42?,47-,50?,52+,53+,54-,60+,61-,62-,64+,71-,72-,73-/m1/s1. The summed E-state index contributed by atoms with van der Waals surface area (Å²) < 4.78 is 39.3. The first-order chi connectivity index (χ1) is 46.3. The van der Waals surface area contributed by atoms with Crippen LogP contribution in [0.3, 0.4) is 0 Å². The average molecular weight is 1370 g/mol. The van der Waals surface area contributed by atoms with E-state index in [0.717, 1.165) is 12.1 Å². The van der Waals surface area contributed by atoms with E-state index in [0.29, 0.717) is 16.7 Å². The van der Waals surface area contributed by atoms with Crippen LogP contribution < -0.4 is 32.7 Å². The van der Waals surface area contributed by atoms with Crippen molar-refractivity contribution in [2.24, 2.45) is 45.5 Å². The number of amides is 6. The second kappa shape index (κ2) is 31.7. The smallest absolute Gasteiger partial charge is 0.350 e. The minimum Gasteiger partial charge on any atom is -0.455 e. The van der Waals surface area contributed by atoms with E-state index in [1.165, 1.54) is 37.3 Å². The van der Waals surface area contributed by atoms with E-state index in [4.69, 9.17) is 42.0 Å². The number of fused-ring (bicyclic) bond motifs is 5. The van der Waals surface area contributed by atoms with E-state index < -0.39 is 179 Å². The summed E-state index contributed by atoms with van der Waals surface area (Å²) in [4.78, 5) is 150. The molecule has 2 saturated carbocycles. The highest BCUT2D eigenvalue weighted by Gasteiger charge is 2.75. The molecule has 14 atom stereocenters. The van der Waals surface area contributed by atoms with E-state index in [1.54, 1.807) is 113 Å². The van der Waals surface area contributed by atoms with E-state index in [1.807, 2.05) is 6.92 Å². The third kappa shape index (κ3) is 16.6. The molecule has 0 spiro atoms. The summed E-state index contributed by atoms with van der Waals surface area (Å²) in [6.45, 7) is 11.9. The number of hydrogen-bond donors (Lipinski definition) is 8. The van der Waals surface area contributed by atoms with Gasteiger partial charge in [0.25, 0.3) is 5.91 Å². The molecule has 10 N–H and O–H groups in total. The molecule has 6 amide bonds. The normalized spacial score (nSPS) is 25.3. The van der Waals surface area contributed by atoms with Gasteiger partial charge in [0.05, 0.1) is 42.3 Å². The van der Waals surface area contributed by atoms with Crippen molar-refractivity contribution in [2.45, 2.75) is 167 Å². The van der Waals surface area contributed by atoms with E-state index >= 15 is 9.59 Å².